The van der Waals surface area contributed by atoms with Crippen LogP contribution >= 0.6 is 0 Å². The van der Waals surface area contributed by atoms with Gasteiger partial charge in [0.1, 0.15) is 28.5 Å². The largest absolute Gasteiger partial charge is 0.497 e. The number of hydrogen-bond acceptors (Lipinski definition) is 14. The summed E-state index contributed by atoms with van der Waals surface area (Å²) < 4.78 is 28.1. The highest BCUT2D eigenvalue weighted by Gasteiger charge is 2.25. The Morgan fingerprint density at radius 1 is 0.477 bits per heavy atom. The van der Waals surface area contributed by atoms with Crippen molar-refractivity contribution >= 4 is 18.0 Å². The minimum Gasteiger partial charge on any atom is -0.497 e. The van der Waals surface area contributed by atoms with Gasteiger partial charge in [0.2, 0.25) is 0 Å². The fourth-order valence-corrected chi connectivity index (χ4v) is 9.72. The summed E-state index contributed by atoms with van der Waals surface area (Å²) in [6.07, 6.45) is 0.139. The molecule has 16 nitrogen and oxygen atoms in total. The maximum Gasteiger partial charge on any atom is 0.407 e. The first kappa shape index (κ1) is 66.8. The van der Waals surface area contributed by atoms with Gasteiger partial charge in [0, 0.05) is 92.3 Å². The number of carbonyl (C=O) groups is 3. The number of hydrogen-bond donors (Lipinski definition) is 2. The summed E-state index contributed by atoms with van der Waals surface area (Å²) in [5, 5.41) is 11.9. The molecule has 462 valence electrons. The SMILES string of the molecule is COc1ccc(C#Cc2cc3nc(c2)CN(CC(C)(C)C)Cc2cc(C#Cc4ccc(OCC(=O)O)cc4)cc(n2)CN(CC(=O)OC(C)(C)C)Cc2cc(C#Cc4ccc(OCCCNC(=O)OC(C)(C)C)cc4)cc(n2)CN(CC(C)(C)C)C3)cc1. The van der Waals surface area contributed by atoms with Crippen LogP contribution in [0.15, 0.2) is 109 Å². The molecular formula is C72H85N7O9. The van der Waals surface area contributed by atoms with E-state index in [4.69, 9.17) is 43.7 Å². The third-order valence-corrected chi connectivity index (χ3v) is 12.7. The first-order valence-electron chi connectivity index (χ1n) is 29.8. The Balaban J connectivity index is 1.32. The molecule has 3 aromatic carbocycles. The van der Waals surface area contributed by atoms with Gasteiger partial charge < -0.3 is 34.1 Å². The molecule has 6 bridgehead atoms. The summed E-state index contributed by atoms with van der Waals surface area (Å²) in [4.78, 5) is 60.1. The number of carboxylic acid groups (broad SMARTS) is 1. The Kier molecular flexibility index (Phi) is 23.0. The summed E-state index contributed by atoms with van der Waals surface area (Å²) in [5.74, 6) is 20.8. The van der Waals surface area contributed by atoms with Crippen molar-refractivity contribution in [2.45, 2.75) is 140 Å². The fourth-order valence-electron chi connectivity index (χ4n) is 9.72. The number of carboxylic acids is 1. The van der Waals surface area contributed by atoms with Gasteiger partial charge in [-0.25, -0.2) is 9.59 Å². The predicted octanol–water partition coefficient (Wildman–Crippen LogP) is 11.6. The minimum absolute atomic E-state index is 0.0572. The lowest BCUT2D eigenvalue weighted by molar-refractivity contribution is -0.156. The van der Waals surface area contributed by atoms with E-state index in [1.807, 2.05) is 119 Å². The molecule has 1 amide bonds. The second-order valence-corrected chi connectivity index (χ2v) is 26.5. The van der Waals surface area contributed by atoms with Gasteiger partial charge >= 0.3 is 18.0 Å². The molecule has 0 saturated heterocycles. The van der Waals surface area contributed by atoms with Crippen LogP contribution in [-0.4, -0.2) is 110 Å². The molecule has 2 N–H and O–H groups in total. The number of pyridine rings is 3. The van der Waals surface area contributed by atoms with Crippen LogP contribution in [0.3, 0.4) is 0 Å². The van der Waals surface area contributed by atoms with Gasteiger partial charge in [0.05, 0.1) is 54.4 Å². The van der Waals surface area contributed by atoms with Crippen LogP contribution in [0.25, 0.3) is 0 Å². The van der Waals surface area contributed by atoms with Crippen LogP contribution < -0.4 is 19.5 Å². The summed E-state index contributed by atoms with van der Waals surface area (Å²) in [6, 6.07) is 34.5. The zero-order valence-electron chi connectivity index (χ0n) is 53.5. The van der Waals surface area contributed by atoms with Gasteiger partial charge in [-0.2, -0.15) is 0 Å². The van der Waals surface area contributed by atoms with Crippen LogP contribution in [0.2, 0.25) is 0 Å². The number of alkyl carbamates (subject to hydrolysis) is 1. The van der Waals surface area contributed by atoms with Gasteiger partial charge in [-0.3, -0.25) is 34.4 Å². The molecule has 0 spiro atoms. The average Bonchev–Trinajstić information content (AvgIpc) is 3.62. The quantitative estimate of drug-likeness (QED) is 0.0633. The number of aliphatic carboxylic acids is 1. The lowest BCUT2D eigenvalue weighted by Crippen LogP contribution is -2.35. The molecule has 0 atom stereocenters. The first-order valence-corrected chi connectivity index (χ1v) is 29.8. The Bertz CT molecular complexity index is 3560. The third-order valence-electron chi connectivity index (χ3n) is 12.7. The van der Waals surface area contributed by atoms with Crippen molar-refractivity contribution in [1.82, 2.24) is 35.0 Å². The molecule has 0 fully saturated rings. The number of ether oxygens (including phenoxy) is 5. The topological polar surface area (TPSA) is 178 Å². The molecule has 1 aliphatic heterocycles. The van der Waals surface area contributed by atoms with Crippen molar-refractivity contribution in [2.24, 2.45) is 10.8 Å². The number of fused-ring (bicyclic) bond motifs is 6. The number of benzene rings is 3. The molecule has 3 aromatic heterocycles. The zero-order chi connectivity index (χ0) is 63.7. The Morgan fingerprint density at radius 3 is 1.16 bits per heavy atom. The van der Waals surface area contributed by atoms with E-state index < -0.39 is 35.8 Å². The maximum atomic E-state index is 14.0. The molecule has 1 aliphatic rings. The monoisotopic (exact) mass is 1190 g/mol. The molecule has 0 saturated carbocycles. The number of amides is 1. The number of carbonyl (C=O) groups excluding carboxylic acids is 2. The molecular weight excluding hydrogens is 1110 g/mol. The second kappa shape index (κ2) is 30.3. The van der Waals surface area contributed by atoms with Crippen LogP contribution in [0.1, 0.15) is 157 Å². The number of rotatable bonds is 13. The molecule has 0 radical (unpaired) electrons. The number of nitrogens with one attached hydrogen (secondary N) is 1. The number of esters is 1. The lowest BCUT2D eigenvalue weighted by atomic mass is 9.95. The van der Waals surface area contributed by atoms with Crippen LogP contribution in [-0.2, 0) is 58.3 Å². The number of methoxy groups -OCH3 is 1. The Labute approximate surface area is 520 Å². The smallest absolute Gasteiger partial charge is 0.407 e. The summed E-state index contributed by atoms with van der Waals surface area (Å²) in [5.41, 5.74) is 7.79. The zero-order valence-corrected chi connectivity index (χ0v) is 53.5. The Morgan fingerprint density at radius 2 is 0.818 bits per heavy atom. The van der Waals surface area contributed by atoms with E-state index in [0.717, 1.165) is 50.8 Å². The molecule has 0 unspecified atom stereocenters. The average molecular weight is 1190 g/mol. The highest BCUT2D eigenvalue weighted by Crippen LogP contribution is 2.25. The van der Waals surface area contributed by atoms with E-state index in [2.05, 4.69) is 104 Å². The van der Waals surface area contributed by atoms with Gasteiger partial charge in [-0.05, 0) is 168 Å². The van der Waals surface area contributed by atoms with Gasteiger partial charge in [0.15, 0.2) is 6.61 Å². The van der Waals surface area contributed by atoms with E-state index in [9.17, 15) is 14.4 Å². The van der Waals surface area contributed by atoms with Crippen molar-refractivity contribution in [3.8, 4) is 52.8 Å². The van der Waals surface area contributed by atoms with E-state index in [1.165, 1.54) is 0 Å². The molecule has 4 heterocycles. The van der Waals surface area contributed by atoms with E-state index in [0.29, 0.717) is 92.9 Å². The van der Waals surface area contributed by atoms with Crippen molar-refractivity contribution in [3.05, 3.63) is 177 Å². The van der Waals surface area contributed by atoms with Crippen molar-refractivity contribution in [3.63, 3.8) is 0 Å². The summed E-state index contributed by atoms with van der Waals surface area (Å²) >= 11 is 0. The molecule has 16 heteroatoms. The molecule has 88 heavy (non-hydrogen) atoms. The molecule has 7 rings (SSSR count). The number of nitrogens with zero attached hydrogens (tertiary/aromatic N) is 6. The highest BCUT2D eigenvalue weighted by atomic mass is 16.6. The van der Waals surface area contributed by atoms with Crippen molar-refractivity contribution in [2.75, 3.05) is 46.5 Å². The van der Waals surface area contributed by atoms with Crippen molar-refractivity contribution < 1.29 is 43.2 Å². The number of aromatic nitrogens is 3. The van der Waals surface area contributed by atoms with E-state index in [-0.39, 0.29) is 30.5 Å². The van der Waals surface area contributed by atoms with Gasteiger partial charge in [-0.15, -0.1) is 0 Å². The molecule has 6 aromatic rings. The third kappa shape index (κ3) is 24.6. The summed E-state index contributed by atoms with van der Waals surface area (Å²) in [6.45, 7) is 28.5. The van der Waals surface area contributed by atoms with Crippen LogP contribution in [0.5, 0.6) is 17.2 Å². The second-order valence-electron chi connectivity index (χ2n) is 26.5. The van der Waals surface area contributed by atoms with Gasteiger partial charge in [-0.1, -0.05) is 77.1 Å². The lowest BCUT2D eigenvalue weighted by Gasteiger charge is -2.31. The molecule has 0 aliphatic carbocycles. The predicted molar refractivity (Wildman–Crippen MR) is 341 cm³/mol. The van der Waals surface area contributed by atoms with Crippen LogP contribution in [0, 0.1) is 46.4 Å². The first-order chi connectivity index (χ1) is 41.5. The highest BCUT2D eigenvalue weighted by molar-refractivity contribution is 5.72. The van der Waals surface area contributed by atoms with E-state index in [1.54, 1.807) is 31.4 Å². The minimum atomic E-state index is -1.06. The summed E-state index contributed by atoms with van der Waals surface area (Å²) in [7, 11) is 1.65. The van der Waals surface area contributed by atoms with E-state index >= 15 is 0 Å². The van der Waals surface area contributed by atoms with Crippen molar-refractivity contribution in [1.29, 1.82) is 0 Å². The normalized spacial score (nSPS) is 13.6. The maximum absolute atomic E-state index is 14.0. The standard InChI is InChI=1S/C72H85N7O9/c1-69(2,3)49-78-43-59-37-54(19-16-52-23-29-64(30-24-52)85-34-14-33-73-68(83)88-72(10,11)12)35-57(74-59)41-77(47-67(82)87-71(7,8)9)42-58-36-55(20-17-53-25-31-65(32-26-53)86-48-66(80)81)38-60(75-58)44-79(50-70(4,5)6)46-62-40-56(39-61(45-78)76-62)18-15-51-21-27-63(84-13)28-22-51/h21-32,35-40H,14,33-34,41-50H2,1-13H3,(H,73,83)(H,80,81). The van der Waals surface area contributed by atoms with Crippen LogP contribution in [0.4, 0.5) is 4.79 Å². The van der Waals surface area contributed by atoms with Gasteiger partial charge in [0.25, 0.3) is 0 Å². The Hall–Kier alpha value is -8.72. The fraction of sp³-hybridized carbons (Fsp3) is 0.417.